The Bertz CT molecular complexity index is 946. The smallest absolute Gasteiger partial charge is 0.287 e. The van der Waals surface area contributed by atoms with Gasteiger partial charge in [0.25, 0.3) is 15.9 Å². The third-order valence-electron chi connectivity index (χ3n) is 3.04. The van der Waals surface area contributed by atoms with Gasteiger partial charge in [-0.05, 0) is 36.9 Å². The summed E-state index contributed by atoms with van der Waals surface area (Å²) in [6.07, 6.45) is 0. The van der Waals surface area contributed by atoms with Crippen molar-refractivity contribution in [1.82, 2.24) is 10.0 Å². The number of hydrogen-bond donors (Lipinski definition) is 3. The van der Waals surface area contributed by atoms with Gasteiger partial charge in [-0.15, -0.1) is 0 Å². The average Bonchev–Trinajstić information content (AvgIpc) is 3.03. The molecule has 2 rings (SSSR count). The van der Waals surface area contributed by atoms with Crippen LogP contribution in [0.5, 0.6) is 0 Å². The predicted octanol–water partition coefficient (Wildman–Crippen LogP) is -0.235. The summed E-state index contributed by atoms with van der Waals surface area (Å²) >= 11 is 0. The van der Waals surface area contributed by atoms with E-state index >= 15 is 0 Å². The van der Waals surface area contributed by atoms with Crippen LogP contribution in [0.1, 0.15) is 16.1 Å². The molecule has 4 N–H and O–H groups in total. The van der Waals surface area contributed by atoms with Crippen LogP contribution in [0.25, 0.3) is 0 Å². The molecule has 1 aromatic carbocycles. The lowest BCUT2D eigenvalue weighted by Crippen LogP contribution is -2.22. The quantitative estimate of drug-likeness (QED) is 0.636. The maximum absolute atomic E-state index is 11.9. The number of benzene rings is 1. The Hall–Kier alpha value is -2.21. The van der Waals surface area contributed by atoms with E-state index in [0.717, 1.165) is 0 Å². The van der Waals surface area contributed by atoms with Gasteiger partial charge in [0.15, 0.2) is 5.76 Å². The molecule has 0 saturated heterocycles. The third-order valence-corrected chi connectivity index (χ3v) is 5.26. The highest BCUT2D eigenvalue weighted by Crippen LogP contribution is 2.14. The molecule has 1 amide bonds. The van der Waals surface area contributed by atoms with Crippen molar-refractivity contribution in [3.63, 3.8) is 0 Å². The van der Waals surface area contributed by atoms with Crippen LogP contribution in [0.4, 0.5) is 0 Å². The normalized spacial score (nSPS) is 12.1. The molecule has 0 aliphatic carbocycles. The molecule has 0 bridgehead atoms. The minimum Gasteiger partial charge on any atom is -0.438 e. The Morgan fingerprint density at radius 1 is 1.08 bits per heavy atom. The van der Waals surface area contributed by atoms with Crippen LogP contribution in [0.2, 0.25) is 0 Å². The molecule has 9 nitrogen and oxygen atoms in total. The molecule has 1 heterocycles. The molecule has 0 fully saturated rings. The van der Waals surface area contributed by atoms with Crippen LogP contribution < -0.4 is 15.2 Å². The highest BCUT2D eigenvalue weighted by atomic mass is 32.2. The van der Waals surface area contributed by atoms with E-state index in [1.54, 1.807) is 0 Å². The Balaban J connectivity index is 2.03. The predicted molar refractivity (Wildman–Crippen MR) is 83.9 cm³/mol. The summed E-state index contributed by atoms with van der Waals surface area (Å²) in [6, 6.07) is 8.05. The van der Waals surface area contributed by atoms with Crippen LogP contribution >= 0.6 is 0 Å². The lowest BCUT2D eigenvalue weighted by molar-refractivity contribution is 0.0917. The lowest BCUT2D eigenvalue weighted by atomic mass is 10.2. The maximum Gasteiger partial charge on any atom is 0.287 e. The lowest BCUT2D eigenvalue weighted by Gasteiger charge is -2.05. The number of nitrogens with two attached hydrogens (primary N) is 1. The van der Waals surface area contributed by atoms with E-state index < -0.39 is 26.0 Å². The molecule has 0 aliphatic heterocycles. The fourth-order valence-corrected chi connectivity index (χ4v) is 2.92. The van der Waals surface area contributed by atoms with Gasteiger partial charge in [-0.1, -0.05) is 12.1 Å². The van der Waals surface area contributed by atoms with Crippen LogP contribution in [-0.2, 0) is 26.6 Å². The van der Waals surface area contributed by atoms with Crippen molar-refractivity contribution in [3.8, 4) is 0 Å². The topological polar surface area (TPSA) is 149 Å². The molecule has 0 radical (unpaired) electrons. The molecule has 2 aromatic rings. The number of rotatable bonds is 6. The van der Waals surface area contributed by atoms with Crippen LogP contribution in [0, 0.1) is 0 Å². The first-order valence-corrected chi connectivity index (χ1v) is 9.60. The van der Waals surface area contributed by atoms with Crippen LogP contribution in [0.3, 0.4) is 0 Å². The van der Waals surface area contributed by atoms with Gasteiger partial charge >= 0.3 is 0 Å². The van der Waals surface area contributed by atoms with Crippen LogP contribution in [0.15, 0.2) is 50.8 Å². The minimum atomic E-state index is -3.77. The van der Waals surface area contributed by atoms with E-state index in [4.69, 9.17) is 9.56 Å². The molecule has 1 aromatic heterocycles. The molecule has 130 valence electrons. The Morgan fingerprint density at radius 2 is 1.71 bits per heavy atom. The van der Waals surface area contributed by atoms with Crippen molar-refractivity contribution in [2.75, 3.05) is 7.05 Å². The first-order valence-electron chi connectivity index (χ1n) is 6.57. The molecule has 0 unspecified atom stereocenters. The Morgan fingerprint density at radius 3 is 2.25 bits per heavy atom. The first-order chi connectivity index (χ1) is 11.1. The van der Waals surface area contributed by atoms with Gasteiger partial charge in [0.2, 0.25) is 15.1 Å². The van der Waals surface area contributed by atoms with Gasteiger partial charge in [-0.3, -0.25) is 4.79 Å². The summed E-state index contributed by atoms with van der Waals surface area (Å²) < 4.78 is 52.4. The summed E-state index contributed by atoms with van der Waals surface area (Å²) in [6.45, 7) is 0.0958. The number of furan rings is 1. The molecule has 0 atom stereocenters. The van der Waals surface area contributed by atoms with E-state index in [9.17, 15) is 21.6 Å². The monoisotopic (exact) mass is 373 g/mol. The molecule has 11 heteroatoms. The largest absolute Gasteiger partial charge is 0.438 e. The number of carbonyl (C=O) groups is 1. The number of amides is 1. The molecular formula is C13H15N3O6S2. The summed E-state index contributed by atoms with van der Waals surface area (Å²) in [7, 11) is -6.31. The molecule has 0 saturated carbocycles. The first kappa shape index (κ1) is 18.1. The van der Waals surface area contributed by atoms with Crippen LogP contribution in [-0.4, -0.2) is 29.8 Å². The summed E-state index contributed by atoms with van der Waals surface area (Å²) in [4.78, 5) is 11.9. The van der Waals surface area contributed by atoms with Gasteiger partial charge in [0.05, 0.1) is 4.90 Å². The molecule has 0 aliphatic rings. The van der Waals surface area contributed by atoms with Gasteiger partial charge in [-0.2, -0.15) is 0 Å². The second-order valence-electron chi connectivity index (χ2n) is 4.70. The SMILES string of the molecule is CNS(=O)(=O)c1ccc(C(=O)NCc2ccc(S(N)(=O)=O)cc2)o1. The number of hydrogen-bond acceptors (Lipinski definition) is 6. The summed E-state index contributed by atoms with van der Waals surface area (Å²) in [5, 5.41) is 7.15. The molecule has 0 spiro atoms. The number of carbonyl (C=O) groups excluding carboxylic acids is 1. The van der Waals surface area contributed by atoms with Gasteiger partial charge in [0.1, 0.15) is 0 Å². The zero-order valence-electron chi connectivity index (χ0n) is 12.5. The van der Waals surface area contributed by atoms with Crippen molar-refractivity contribution < 1.29 is 26.0 Å². The highest BCUT2D eigenvalue weighted by molar-refractivity contribution is 7.89. The number of primary sulfonamides is 1. The Kier molecular flexibility index (Phi) is 5.08. The van der Waals surface area contributed by atoms with E-state index in [0.29, 0.717) is 5.56 Å². The third kappa shape index (κ3) is 4.20. The zero-order chi connectivity index (χ0) is 18.0. The summed E-state index contributed by atoms with van der Waals surface area (Å²) in [5.41, 5.74) is 0.630. The minimum absolute atomic E-state index is 0.0366. The van der Waals surface area contributed by atoms with Gasteiger partial charge in [-0.25, -0.2) is 26.7 Å². The fraction of sp³-hybridized carbons (Fsp3) is 0.154. The van der Waals surface area contributed by atoms with Gasteiger partial charge < -0.3 is 9.73 Å². The van der Waals surface area contributed by atoms with E-state index in [1.807, 2.05) is 0 Å². The standard InChI is InChI=1S/C13H15N3O6S2/c1-15-24(20,21)12-7-6-11(22-12)13(17)16-8-9-2-4-10(5-3-9)23(14,18)19/h2-7,15H,8H2,1H3,(H,16,17)(H2,14,18,19). The summed E-state index contributed by atoms with van der Waals surface area (Å²) in [5.74, 6) is -0.770. The van der Waals surface area contributed by atoms with E-state index in [2.05, 4.69) is 10.0 Å². The Labute approximate surface area is 139 Å². The second kappa shape index (κ2) is 6.73. The number of sulfonamides is 2. The van der Waals surface area contributed by atoms with Crippen molar-refractivity contribution >= 4 is 26.0 Å². The fourth-order valence-electron chi connectivity index (χ4n) is 1.75. The number of nitrogens with one attached hydrogen (secondary N) is 2. The molecule has 24 heavy (non-hydrogen) atoms. The van der Waals surface area contributed by atoms with Gasteiger partial charge in [0, 0.05) is 6.54 Å². The zero-order valence-corrected chi connectivity index (χ0v) is 14.1. The van der Waals surface area contributed by atoms with E-state index in [-0.39, 0.29) is 22.3 Å². The maximum atomic E-state index is 11.9. The molecular weight excluding hydrogens is 358 g/mol. The van der Waals surface area contributed by atoms with Crippen molar-refractivity contribution in [2.45, 2.75) is 16.5 Å². The van der Waals surface area contributed by atoms with Crippen molar-refractivity contribution in [1.29, 1.82) is 0 Å². The van der Waals surface area contributed by atoms with Crippen molar-refractivity contribution in [2.24, 2.45) is 5.14 Å². The van der Waals surface area contributed by atoms with E-state index in [1.165, 1.54) is 43.4 Å². The highest BCUT2D eigenvalue weighted by Gasteiger charge is 2.19. The van der Waals surface area contributed by atoms with Crippen molar-refractivity contribution in [3.05, 3.63) is 47.7 Å². The average molecular weight is 373 g/mol. The second-order valence-corrected chi connectivity index (χ2v) is 8.08.